The van der Waals surface area contributed by atoms with Gasteiger partial charge in [-0.3, -0.25) is 4.79 Å². The van der Waals surface area contributed by atoms with Gasteiger partial charge in [-0.25, -0.2) is 0 Å². The highest BCUT2D eigenvalue weighted by molar-refractivity contribution is 5.77. The molecule has 0 N–H and O–H groups in total. The lowest BCUT2D eigenvalue weighted by molar-refractivity contribution is -0.147. The molecule has 1 amide bonds. The van der Waals surface area contributed by atoms with Crippen LogP contribution in [0.25, 0.3) is 0 Å². The second-order valence-electron chi connectivity index (χ2n) is 3.00. The van der Waals surface area contributed by atoms with Gasteiger partial charge in [0.1, 0.15) is 6.61 Å². The highest BCUT2D eigenvalue weighted by Gasteiger charge is 2.22. The van der Waals surface area contributed by atoms with Crippen molar-refractivity contribution in [1.82, 2.24) is 4.90 Å². The molecule has 3 heteroatoms. The third-order valence-electron chi connectivity index (χ3n) is 1.96. The Hall–Kier alpha value is -0.570. The van der Waals surface area contributed by atoms with Gasteiger partial charge in [0, 0.05) is 13.6 Å². The molecular formula is C8H15NO2. The maximum Gasteiger partial charge on any atom is 0.248 e. The molecule has 11 heavy (non-hydrogen) atoms. The number of amides is 1. The number of hydrogen-bond donors (Lipinski definition) is 0. The second kappa shape index (κ2) is 3.72. The highest BCUT2D eigenvalue weighted by atomic mass is 16.5. The number of morpholine rings is 1. The standard InChI is InChI=1S/C8H15NO2/c1-3-4-7-5-9(2)8(10)6-11-7/h7H,3-6H2,1-2H3/t7-/m0/s1. The summed E-state index contributed by atoms with van der Waals surface area (Å²) in [4.78, 5) is 12.7. The van der Waals surface area contributed by atoms with Gasteiger partial charge in [-0.05, 0) is 6.42 Å². The summed E-state index contributed by atoms with van der Waals surface area (Å²) in [6.45, 7) is 3.15. The van der Waals surface area contributed by atoms with Crippen LogP contribution in [-0.4, -0.2) is 37.1 Å². The predicted octanol–water partition coefficient (Wildman–Crippen LogP) is 0.644. The number of ether oxygens (including phenoxy) is 1. The predicted molar refractivity (Wildman–Crippen MR) is 42.3 cm³/mol. The Labute approximate surface area is 67.3 Å². The minimum atomic E-state index is 0.0948. The van der Waals surface area contributed by atoms with Crippen molar-refractivity contribution in [3.05, 3.63) is 0 Å². The van der Waals surface area contributed by atoms with E-state index < -0.39 is 0 Å². The zero-order chi connectivity index (χ0) is 8.27. The van der Waals surface area contributed by atoms with E-state index in [1.165, 1.54) is 0 Å². The smallest absolute Gasteiger partial charge is 0.248 e. The number of nitrogens with zero attached hydrogens (tertiary/aromatic N) is 1. The van der Waals surface area contributed by atoms with Crippen LogP contribution in [0.3, 0.4) is 0 Å². The Morgan fingerprint density at radius 2 is 2.45 bits per heavy atom. The minimum Gasteiger partial charge on any atom is -0.367 e. The Kier molecular flexibility index (Phi) is 2.88. The molecule has 0 aromatic heterocycles. The fourth-order valence-corrected chi connectivity index (χ4v) is 1.26. The molecule has 3 nitrogen and oxygen atoms in total. The van der Waals surface area contributed by atoms with E-state index in [4.69, 9.17) is 4.74 Å². The quantitative estimate of drug-likeness (QED) is 0.589. The first-order valence-corrected chi connectivity index (χ1v) is 4.09. The van der Waals surface area contributed by atoms with E-state index in [0.29, 0.717) is 0 Å². The summed E-state index contributed by atoms with van der Waals surface area (Å²) in [6.07, 6.45) is 2.44. The zero-order valence-electron chi connectivity index (χ0n) is 7.17. The number of rotatable bonds is 2. The van der Waals surface area contributed by atoms with E-state index >= 15 is 0 Å². The monoisotopic (exact) mass is 157 g/mol. The van der Waals surface area contributed by atoms with Gasteiger partial charge in [0.05, 0.1) is 6.10 Å². The second-order valence-corrected chi connectivity index (χ2v) is 3.00. The van der Waals surface area contributed by atoms with Gasteiger partial charge in [0.25, 0.3) is 0 Å². The van der Waals surface area contributed by atoms with E-state index in [-0.39, 0.29) is 18.6 Å². The largest absolute Gasteiger partial charge is 0.367 e. The molecule has 1 aliphatic rings. The molecule has 64 valence electrons. The first kappa shape index (κ1) is 8.53. The molecule has 0 saturated carbocycles. The minimum absolute atomic E-state index is 0.0948. The maximum atomic E-state index is 10.9. The van der Waals surface area contributed by atoms with Crippen LogP contribution >= 0.6 is 0 Å². The van der Waals surface area contributed by atoms with Crippen molar-refractivity contribution in [2.75, 3.05) is 20.2 Å². The van der Waals surface area contributed by atoms with E-state index in [1.807, 2.05) is 7.05 Å². The Morgan fingerprint density at radius 1 is 1.73 bits per heavy atom. The molecule has 0 aromatic carbocycles. The summed E-state index contributed by atoms with van der Waals surface area (Å²) < 4.78 is 5.31. The average molecular weight is 157 g/mol. The summed E-state index contributed by atoms with van der Waals surface area (Å²) in [7, 11) is 1.83. The molecule has 0 aliphatic carbocycles. The SMILES string of the molecule is CCC[C@H]1CN(C)C(=O)CO1. The molecule has 1 aliphatic heterocycles. The van der Waals surface area contributed by atoms with Gasteiger partial charge < -0.3 is 9.64 Å². The average Bonchev–Trinajstić information content (AvgIpc) is 1.98. The van der Waals surface area contributed by atoms with Gasteiger partial charge in [-0.2, -0.15) is 0 Å². The van der Waals surface area contributed by atoms with Gasteiger partial charge in [-0.1, -0.05) is 13.3 Å². The van der Waals surface area contributed by atoms with Crippen molar-refractivity contribution in [2.24, 2.45) is 0 Å². The van der Waals surface area contributed by atoms with Gasteiger partial charge >= 0.3 is 0 Å². The third-order valence-corrected chi connectivity index (χ3v) is 1.96. The Bertz CT molecular complexity index is 147. The number of likely N-dealkylation sites (N-methyl/N-ethyl adjacent to an activating group) is 1. The van der Waals surface area contributed by atoms with E-state index in [2.05, 4.69) is 6.92 Å². The molecule has 0 spiro atoms. The Balaban J connectivity index is 2.33. The normalized spacial score (nSPS) is 25.8. The molecule has 1 rings (SSSR count). The number of carbonyl (C=O) groups is 1. The van der Waals surface area contributed by atoms with Crippen LogP contribution in [0, 0.1) is 0 Å². The van der Waals surface area contributed by atoms with Crippen LogP contribution < -0.4 is 0 Å². The van der Waals surface area contributed by atoms with Crippen LogP contribution in [-0.2, 0) is 9.53 Å². The molecular weight excluding hydrogens is 142 g/mol. The van der Waals surface area contributed by atoms with Crippen molar-refractivity contribution >= 4 is 5.91 Å². The third kappa shape index (κ3) is 2.19. The summed E-state index contributed by atoms with van der Waals surface area (Å²) in [6, 6.07) is 0. The lowest BCUT2D eigenvalue weighted by Gasteiger charge is -2.29. The van der Waals surface area contributed by atoms with Crippen molar-refractivity contribution in [3.8, 4) is 0 Å². The lowest BCUT2D eigenvalue weighted by atomic mass is 10.2. The molecule has 1 heterocycles. The van der Waals surface area contributed by atoms with E-state index in [1.54, 1.807) is 4.90 Å². The Morgan fingerprint density at radius 3 is 3.00 bits per heavy atom. The lowest BCUT2D eigenvalue weighted by Crippen LogP contribution is -2.44. The van der Waals surface area contributed by atoms with Gasteiger partial charge in [0.15, 0.2) is 0 Å². The molecule has 1 fully saturated rings. The van der Waals surface area contributed by atoms with E-state index in [0.717, 1.165) is 19.4 Å². The maximum absolute atomic E-state index is 10.9. The van der Waals surface area contributed by atoms with Crippen molar-refractivity contribution in [1.29, 1.82) is 0 Å². The first-order valence-electron chi connectivity index (χ1n) is 4.09. The van der Waals surface area contributed by atoms with Crippen LogP contribution in [0.15, 0.2) is 0 Å². The van der Waals surface area contributed by atoms with Crippen LogP contribution in [0.5, 0.6) is 0 Å². The topological polar surface area (TPSA) is 29.5 Å². The van der Waals surface area contributed by atoms with E-state index in [9.17, 15) is 4.79 Å². The van der Waals surface area contributed by atoms with Crippen LogP contribution in [0.4, 0.5) is 0 Å². The van der Waals surface area contributed by atoms with Crippen LogP contribution in [0.1, 0.15) is 19.8 Å². The fraction of sp³-hybridized carbons (Fsp3) is 0.875. The molecule has 0 aromatic rings. The first-order chi connectivity index (χ1) is 5.24. The van der Waals surface area contributed by atoms with Crippen molar-refractivity contribution < 1.29 is 9.53 Å². The summed E-state index contributed by atoms with van der Waals surface area (Å²) in [5.74, 6) is 0.0948. The summed E-state index contributed by atoms with van der Waals surface area (Å²) in [5.41, 5.74) is 0. The van der Waals surface area contributed by atoms with Crippen molar-refractivity contribution in [2.45, 2.75) is 25.9 Å². The summed E-state index contributed by atoms with van der Waals surface area (Å²) >= 11 is 0. The number of carbonyl (C=O) groups excluding carboxylic acids is 1. The molecule has 0 radical (unpaired) electrons. The van der Waals surface area contributed by atoms with Crippen molar-refractivity contribution in [3.63, 3.8) is 0 Å². The molecule has 1 saturated heterocycles. The van der Waals surface area contributed by atoms with Gasteiger partial charge in [-0.15, -0.1) is 0 Å². The molecule has 1 atom stereocenters. The zero-order valence-corrected chi connectivity index (χ0v) is 7.17. The fourth-order valence-electron chi connectivity index (χ4n) is 1.26. The van der Waals surface area contributed by atoms with Gasteiger partial charge in [0.2, 0.25) is 5.91 Å². The highest BCUT2D eigenvalue weighted by Crippen LogP contribution is 2.08. The van der Waals surface area contributed by atoms with Crippen LogP contribution in [0.2, 0.25) is 0 Å². The number of hydrogen-bond acceptors (Lipinski definition) is 2. The summed E-state index contributed by atoms with van der Waals surface area (Å²) in [5, 5.41) is 0. The molecule has 0 unspecified atom stereocenters. The molecule has 0 bridgehead atoms.